The number of hydrogen-bond acceptors (Lipinski definition) is 4. The second-order valence-corrected chi connectivity index (χ2v) is 3.50. The van der Waals surface area contributed by atoms with E-state index < -0.39 is 0 Å². The molecule has 2 rings (SSSR count). The van der Waals surface area contributed by atoms with Crippen molar-refractivity contribution in [2.45, 2.75) is 13.3 Å². The maximum Gasteiger partial charge on any atom is 0.246 e. The van der Waals surface area contributed by atoms with Crippen molar-refractivity contribution in [1.82, 2.24) is 15.2 Å². The van der Waals surface area contributed by atoms with Crippen LogP contribution >= 0.6 is 11.6 Å². The van der Waals surface area contributed by atoms with E-state index in [9.17, 15) is 0 Å². The molecule has 0 N–H and O–H groups in total. The number of hydrogen-bond donors (Lipinski definition) is 0. The standard InChI is InChI=1S/C11H10ClN3O/c1-2-8-4-3-5-9(6-8)16-10-7-13-15-11(12)14-10/h3-7H,2H2,1H3. The Labute approximate surface area is 98.3 Å². The average molecular weight is 236 g/mol. The van der Waals surface area contributed by atoms with E-state index in [4.69, 9.17) is 16.3 Å². The lowest BCUT2D eigenvalue weighted by molar-refractivity contribution is 0.456. The van der Waals surface area contributed by atoms with Crippen molar-refractivity contribution in [2.24, 2.45) is 0 Å². The predicted octanol–water partition coefficient (Wildman–Crippen LogP) is 2.88. The van der Waals surface area contributed by atoms with E-state index in [1.807, 2.05) is 24.3 Å². The monoisotopic (exact) mass is 235 g/mol. The van der Waals surface area contributed by atoms with Crippen molar-refractivity contribution in [3.63, 3.8) is 0 Å². The summed E-state index contributed by atoms with van der Waals surface area (Å²) < 4.78 is 5.50. The summed E-state index contributed by atoms with van der Waals surface area (Å²) >= 11 is 5.60. The third-order valence-corrected chi connectivity index (χ3v) is 2.20. The Balaban J connectivity index is 2.20. The molecule has 0 aliphatic rings. The molecule has 1 aromatic heterocycles. The van der Waals surface area contributed by atoms with Gasteiger partial charge >= 0.3 is 0 Å². The van der Waals surface area contributed by atoms with Crippen LogP contribution in [0.4, 0.5) is 0 Å². The summed E-state index contributed by atoms with van der Waals surface area (Å²) in [6, 6.07) is 7.79. The van der Waals surface area contributed by atoms with Crippen LogP contribution in [0.25, 0.3) is 0 Å². The molecule has 4 nitrogen and oxygen atoms in total. The normalized spacial score (nSPS) is 10.1. The second kappa shape index (κ2) is 4.90. The zero-order valence-electron chi connectivity index (χ0n) is 8.72. The van der Waals surface area contributed by atoms with E-state index in [2.05, 4.69) is 22.1 Å². The number of ether oxygens (including phenoxy) is 1. The molecule has 0 unspecified atom stereocenters. The largest absolute Gasteiger partial charge is 0.437 e. The van der Waals surface area contributed by atoms with Gasteiger partial charge in [-0.25, -0.2) is 0 Å². The lowest BCUT2D eigenvalue weighted by atomic mass is 10.2. The Morgan fingerprint density at radius 3 is 3.00 bits per heavy atom. The Kier molecular flexibility index (Phi) is 3.31. The summed E-state index contributed by atoms with van der Waals surface area (Å²) in [6.07, 6.45) is 2.38. The van der Waals surface area contributed by atoms with E-state index in [1.54, 1.807) is 0 Å². The maximum absolute atomic E-state index is 5.60. The van der Waals surface area contributed by atoms with Crippen molar-refractivity contribution in [3.8, 4) is 11.6 Å². The van der Waals surface area contributed by atoms with Gasteiger partial charge in [0, 0.05) is 0 Å². The number of nitrogens with zero attached hydrogens (tertiary/aromatic N) is 3. The van der Waals surface area contributed by atoms with Gasteiger partial charge in [0.15, 0.2) is 0 Å². The minimum absolute atomic E-state index is 0.0733. The SMILES string of the molecule is CCc1cccc(Oc2cnnc(Cl)n2)c1. The van der Waals surface area contributed by atoms with Gasteiger partial charge in [0.05, 0.1) is 0 Å². The van der Waals surface area contributed by atoms with Crippen molar-refractivity contribution in [1.29, 1.82) is 0 Å². The highest BCUT2D eigenvalue weighted by atomic mass is 35.5. The first-order chi connectivity index (χ1) is 7.78. The van der Waals surface area contributed by atoms with E-state index in [1.165, 1.54) is 11.8 Å². The molecule has 0 aliphatic heterocycles. The van der Waals surface area contributed by atoms with E-state index in [-0.39, 0.29) is 5.28 Å². The first-order valence-electron chi connectivity index (χ1n) is 4.90. The number of benzene rings is 1. The van der Waals surface area contributed by atoms with Gasteiger partial charge in [0.25, 0.3) is 0 Å². The molecular formula is C11H10ClN3O. The van der Waals surface area contributed by atoms with Crippen LogP contribution < -0.4 is 4.74 Å². The molecule has 0 spiro atoms. The van der Waals surface area contributed by atoms with Crippen molar-refractivity contribution < 1.29 is 4.74 Å². The minimum Gasteiger partial charge on any atom is -0.437 e. The van der Waals surface area contributed by atoms with Gasteiger partial charge in [0.2, 0.25) is 11.2 Å². The van der Waals surface area contributed by atoms with Crippen LogP contribution in [0.1, 0.15) is 12.5 Å². The molecule has 0 radical (unpaired) electrons. The number of aryl methyl sites for hydroxylation is 1. The van der Waals surface area contributed by atoms with Gasteiger partial charge in [-0.15, -0.1) is 5.10 Å². The van der Waals surface area contributed by atoms with Crippen molar-refractivity contribution in [3.05, 3.63) is 41.3 Å². The summed E-state index contributed by atoms with van der Waals surface area (Å²) in [4.78, 5) is 3.89. The summed E-state index contributed by atoms with van der Waals surface area (Å²) in [7, 11) is 0. The molecular weight excluding hydrogens is 226 g/mol. The topological polar surface area (TPSA) is 47.9 Å². The van der Waals surface area contributed by atoms with Gasteiger partial charge in [-0.1, -0.05) is 19.1 Å². The van der Waals surface area contributed by atoms with Crippen LogP contribution in [-0.4, -0.2) is 15.2 Å². The number of halogens is 1. The molecule has 0 saturated heterocycles. The lowest BCUT2D eigenvalue weighted by Crippen LogP contribution is -1.92. The third kappa shape index (κ3) is 2.67. The van der Waals surface area contributed by atoms with E-state index in [0.29, 0.717) is 5.88 Å². The van der Waals surface area contributed by atoms with Crippen LogP contribution in [0.5, 0.6) is 11.6 Å². The van der Waals surface area contributed by atoms with Crippen LogP contribution in [0.2, 0.25) is 5.28 Å². The maximum atomic E-state index is 5.60. The molecule has 0 saturated carbocycles. The van der Waals surface area contributed by atoms with E-state index >= 15 is 0 Å². The molecule has 1 aromatic carbocycles. The van der Waals surface area contributed by atoms with Crippen LogP contribution in [0.3, 0.4) is 0 Å². The van der Waals surface area contributed by atoms with Gasteiger partial charge < -0.3 is 4.74 Å². The van der Waals surface area contributed by atoms with Crippen LogP contribution in [-0.2, 0) is 6.42 Å². The molecule has 1 heterocycles. The Bertz CT molecular complexity index is 490. The Hall–Kier alpha value is -1.68. The summed E-state index contributed by atoms with van der Waals surface area (Å²) in [5, 5.41) is 7.27. The highest BCUT2D eigenvalue weighted by molar-refractivity contribution is 6.28. The first kappa shape index (κ1) is 10.8. The molecule has 0 aliphatic carbocycles. The molecule has 0 fully saturated rings. The summed E-state index contributed by atoms with van der Waals surface area (Å²) in [5.74, 6) is 1.06. The van der Waals surface area contributed by atoms with Crippen molar-refractivity contribution in [2.75, 3.05) is 0 Å². The Morgan fingerprint density at radius 2 is 2.25 bits per heavy atom. The van der Waals surface area contributed by atoms with E-state index in [0.717, 1.165) is 12.2 Å². The lowest BCUT2D eigenvalue weighted by Gasteiger charge is -2.05. The molecule has 0 amide bonds. The minimum atomic E-state index is 0.0733. The fourth-order valence-electron chi connectivity index (χ4n) is 1.27. The zero-order chi connectivity index (χ0) is 11.4. The fourth-order valence-corrected chi connectivity index (χ4v) is 1.39. The average Bonchev–Trinajstić information content (AvgIpc) is 2.29. The zero-order valence-corrected chi connectivity index (χ0v) is 9.48. The molecule has 0 atom stereocenters. The highest BCUT2D eigenvalue weighted by Gasteiger charge is 2.01. The molecule has 82 valence electrons. The van der Waals surface area contributed by atoms with Crippen LogP contribution in [0, 0.1) is 0 Å². The quantitative estimate of drug-likeness (QED) is 0.821. The predicted molar refractivity (Wildman–Crippen MR) is 60.7 cm³/mol. The summed E-state index contributed by atoms with van der Waals surface area (Å²) in [5.41, 5.74) is 1.20. The van der Waals surface area contributed by atoms with Gasteiger partial charge in [-0.05, 0) is 35.7 Å². The fraction of sp³-hybridized carbons (Fsp3) is 0.182. The molecule has 16 heavy (non-hydrogen) atoms. The molecule has 5 heteroatoms. The first-order valence-corrected chi connectivity index (χ1v) is 5.27. The van der Waals surface area contributed by atoms with Crippen LogP contribution in [0.15, 0.2) is 30.5 Å². The molecule has 2 aromatic rings. The smallest absolute Gasteiger partial charge is 0.246 e. The molecule has 0 bridgehead atoms. The number of rotatable bonds is 3. The Morgan fingerprint density at radius 1 is 1.38 bits per heavy atom. The van der Waals surface area contributed by atoms with Gasteiger partial charge in [-0.3, -0.25) is 0 Å². The van der Waals surface area contributed by atoms with Gasteiger partial charge in [0.1, 0.15) is 11.9 Å². The number of aromatic nitrogens is 3. The highest BCUT2D eigenvalue weighted by Crippen LogP contribution is 2.20. The third-order valence-electron chi connectivity index (χ3n) is 2.04. The second-order valence-electron chi connectivity index (χ2n) is 3.17. The van der Waals surface area contributed by atoms with Crippen molar-refractivity contribution >= 4 is 11.6 Å². The van der Waals surface area contributed by atoms with Gasteiger partial charge in [-0.2, -0.15) is 10.1 Å². The summed E-state index contributed by atoms with van der Waals surface area (Å²) in [6.45, 7) is 2.09.